The molecular weight excluding hydrogens is 254 g/mol. The molecule has 0 radical (unpaired) electrons. The summed E-state index contributed by atoms with van der Waals surface area (Å²) in [7, 11) is -3.29. The molecule has 6 nitrogen and oxygen atoms in total. The zero-order chi connectivity index (χ0) is 12.6. The molecule has 3 aliphatic heterocycles. The lowest BCUT2D eigenvalue weighted by atomic mass is 9.94. The number of hydrogen-bond acceptors (Lipinski definition) is 4. The first-order chi connectivity index (χ1) is 8.69. The summed E-state index contributed by atoms with van der Waals surface area (Å²) in [6.45, 7) is 4.43. The maximum absolute atomic E-state index is 12.7. The van der Waals surface area contributed by atoms with E-state index >= 15 is 0 Å². The molecule has 0 aromatic rings. The van der Waals surface area contributed by atoms with Crippen molar-refractivity contribution in [2.45, 2.75) is 18.9 Å². The molecule has 18 heavy (non-hydrogen) atoms. The van der Waals surface area contributed by atoms with Crippen molar-refractivity contribution in [1.29, 1.82) is 0 Å². The van der Waals surface area contributed by atoms with E-state index in [-0.39, 0.29) is 6.04 Å². The van der Waals surface area contributed by atoms with Gasteiger partial charge in [0.05, 0.1) is 13.2 Å². The summed E-state index contributed by atoms with van der Waals surface area (Å²) in [4.78, 5) is 0. The van der Waals surface area contributed by atoms with Gasteiger partial charge in [0, 0.05) is 32.2 Å². The Hall–Kier alpha value is -0.210. The number of hydrogen-bond donors (Lipinski definition) is 1. The Morgan fingerprint density at radius 3 is 2.67 bits per heavy atom. The molecule has 3 aliphatic rings. The van der Waals surface area contributed by atoms with Crippen LogP contribution in [0.1, 0.15) is 12.8 Å². The van der Waals surface area contributed by atoms with Gasteiger partial charge in [0.2, 0.25) is 0 Å². The van der Waals surface area contributed by atoms with E-state index in [4.69, 9.17) is 4.74 Å². The molecule has 3 rings (SSSR count). The summed E-state index contributed by atoms with van der Waals surface area (Å²) in [5.41, 5.74) is 0. The van der Waals surface area contributed by atoms with Crippen molar-refractivity contribution in [2.75, 3.05) is 45.9 Å². The maximum Gasteiger partial charge on any atom is 0.282 e. The second kappa shape index (κ2) is 5.05. The number of fused-ring (bicyclic) bond motifs is 1. The first-order valence-electron chi connectivity index (χ1n) is 6.75. The van der Waals surface area contributed by atoms with Crippen LogP contribution in [-0.4, -0.2) is 69.0 Å². The summed E-state index contributed by atoms with van der Waals surface area (Å²) in [5.74, 6) is 0.495. The van der Waals surface area contributed by atoms with Crippen LogP contribution in [0.5, 0.6) is 0 Å². The topological polar surface area (TPSA) is 61.9 Å². The molecule has 0 aromatic carbocycles. The second-order valence-electron chi connectivity index (χ2n) is 5.26. The third-order valence-corrected chi connectivity index (χ3v) is 6.28. The number of nitrogens with zero attached hydrogens (tertiary/aromatic N) is 2. The lowest BCUT2D eigenvalue weighted by Crippen LogP contribution is -2.55. The van der Waals surface area contributed by atoms with Crippen LogP contribution < -0.4 is 5.32 Å². The molecule has 3 heterocycles. The average Bonchev–Trinajstić information content (AvgIpc) is 2.87. The highest BCUT2D eigenvalue weighted by Gasteiger charge is 2.43. The number of nitrogens with one attached hydrogen (secondary N) is 1. The first kappa shape index (κ1) is 12.8. The van der Waals surface area contributed by atoms with Gasteiger partial charge >= 0.3 is 0 Å². The zero-order valence-electron chi connectivity index (χ0n) is 10.5. The fourth-order valence-electron chi connectivity index (χ4n) is 3.24. The molecule has 0 spiro atoms. The Labute approximate surface area is 108 Å². The van der Waals surface area contributed by atoms with Crippen LogP contribution >= 0.6 is 0 Å². The molecule has 0 unspecified atom stereocenters. The molecule has 0 bridgehead atoms. The second-order valence-corrected chi connectivity index (χ2v) is 7.14. The monoisotopic (exact) mass is 275 g/mol. The van der Waals surface area contributed by atoms with Crippen LogP contribution in [0, 0.1) is 5.92 Å². The number of morpholine rings is 1. The molecule has 2 atom stereocenters. The highest BCUT2D eigenvalue weighted by molar-refractivity contribution is 7.86. The summed E-state index contributed by atoms with van der Waals surface area (Å²) in [5, 5.41) is 3.32. The number of ether oxygens (including phenoxy) is 1. The Balaban J connectivity index is 1.79. The molecule has 0 aliphatic carbocycles. The third-order valence-electron chi connectivity index (χ3n) is 4.22. The van der Waals surface area contributed by atoms with Gasteiger partial charge in [-0.05, 0) is 25.3 Å². The van der Waals surface area contributed by atoms with Crippen LogP contribution in [0.15, 0.2) is 0 Å². The minimum atomic E-state index is -3.29. The normalized spacial score (nSPS) is 35.6. The van der Waals surface area contributed by atoms with Crippen LogP contribution in [0.25, 0.3) is 0 Å². The fraction of sp³-hybridized carbons (Fsp3) is 1.00. The molecular formula is C11H21N3O3S. The molecule has 0 amide bonds. The summed E-state index contributed by atoms with van der Waals surface area (Å²) >= 11 is 0. The predicted octanol–water partition coefficient (Wildman–Crippen LogP) is -0.753. The van der Waals surface area contributed by atoms with E-state index in [1.807, 2.05) is 0 Å². The quantitative estimate of drug-likeness (QED) is 0.720. The van der Waals surface area contributed by atoms with Gasteiger partial charge in [0.15, 0.2) is 0 Å². The van der Waals surface area contributed by atoms with Gasteiger partial charge in [0.1, 0.15) is 0 Å². The highest BCUT2D eigenvalue weighted by Crippen LogP contribution is 2.29. The molecule has 3 saturated heterocycles. The molecule has 1 N–H and O–H groups in total. The van der Waals surface area contributed by atoms with Crippen molar-refractivity contribution in [2.24, 2.45) is 5.92 Å². The van der Waals surface area contributed by atoms with Gasteiger partial charge in [-0.15, -0.1) is 0 Å². The lowest BCUT2D eigenvalue weighted by molar-refractivity contribution is 0.0676. The van der Waals surface area contributed by atoms with Crippen LogP contribution in [-0.2, 0) is 14.9 Å². The number of piperidine rings is 1. The van der Waals surface area contributed by atoms with Gasteiger partial charge in [-0.3, -0.25) is 0 Å². The Morgan fingerprint density at radius 1 is 1.11 bits per heavy atom. The molecule has 7 heteroatoms. The largest absolute Gasteiger partial charge is 0.379 e. The zero-order valence-corrected chi connectivity index (χ0v) is 11.4. The first-order valence-corrected chi connectivity index (χ1v) is 8.14. The van der Waals surface area contributed by atoms with Crippen molar-refractivity contribution in [3.8, 4) is 0 Å². The van der Waals surface area contributed by atoms with Crippen molar-refractivity contribution >= 4 is 10.2 Å². The average molecular weight is 275 g/mol. The minimum Gasteiger partial charge on any atom is -0.379 e. The van der Waals surface area contributed by atoms with E-state index in [9.17, 15) is 8.42 Å². The van der Waals surface area contributed by atoms with Gasteiger partial charge in [-0.2, -0.15) is 17.0 Å². The Bertz CT molecular complexity index is 394. The maximum atomic E-state index is 12.7. The van der Waals surface area contributed by atoms with E-state index in [2.05, 4.69) is 5.32 Å². The van der Waals surface area contributed by atoms with Crippen LogP contribution in [0.4, 0.5) is 0 Å². The van der Waals surface area contributed by atoms with Gasteiger partial charge in [-0.25, -0.2) is 0 Å². The standard InChI is InChI=1S/C11H21N3O3S/c15-18(16,13-4-6-17-7-5-13)14-3-1-2-10-8-12-9-11(10)14/h10-12H,1-9H2/t10-,11+/m0/s1. The van der Waals surface area contributed by atoms with Gasteiger partial charge < -0.3 is 10.1 Å². The molecule has 0 aromatic heterocycles. The van der Waals surface area contributed by atoms with Crippen molar-refractivity contribution in [3.63, 3.8) is 0 Å². The Kier molecular flexibility index (Phi) is 3.59. The van der Waals surface area contributed by atoms with E-state index < -0.39 is 10.2 Å². The molecule has 0 saturated carbocycles. The lowest BCUT2D eigenvalue weighted by Gasteiger charge is -2.39. The van der Waals surface area contributed by atoms with Crippen molar-refractivity contribution < 1.29 is 13.2 Å². The van der Waals surface area contributed by atoms with E-state index in [1.165, 1.54) is 0 Å². The summed E-state index contributed by atoms with van der Waals surface area (Å²) < 4.78 is 33.8. The van der Waals surface area contributed by atoms with Crippen molar-refractivity contribution in [3.05, 3.63) is 0 Å². The highest BCUT2D eigenvalue weighted by atomic mass is 32.2. The number of rotatable bonds is 2. The smallest absolute Gasteiger partial charge is 0.282 e. The van der Waals surface area contributed by atoms with E-state index in [0.717, 1.165) is 25.9 Å². The van der Waals surface area contributed by atoms with Gasteiger partial charge in [0.25, 0.3) is 10.2 Å². The van der Waals surface area contributed by atoms with Gasteiger partial charge in [-0.1, -0.05) is 0 Å². The predicted molar refractivity (Wildman–Crippen MR) is 67.4 cm³/mol. The molecule has 104 valence electrons. The summed E-state index contributed by atoms with van der Waals surface area (Å²) in [6, 6.07) is 0.159. The Morgan fingerprint density at radius 2 is 1.89 bits per heavy atom. The molecule has 3 fully saturated rings. The van der Waals surface area contributed by atoms with E-state index in [1.54, 1.807) is 8.61 Å². The van der Waals surface area contributed by atoms with E-state index in [0.29, 0.717) is 38.8 Å². The van der Waals surface area contributed by atoms with Crippen LogP contribution in [0.3, 0.4) is 0 Å². The fourth-order valence-corrected chi connectivity index (χ4v) is 5.09. The SMILES string of the molecule is O=S(=O)(N1CCOCC1)N1CCC[C@H]2CNC[C@H]21. The minimum absolute atomic E-state index is 0.159. The van der Waals surface area contributed by atoms with Crippen LogP contribution in [0.2, 0.25) is 0 Å². The third kappa shape index (κ3) is 2.18. The summed E-state index contributed by atoms with van der Waals surface area (Å²) in [6.07, 6.45) is 2.12. The van der Waals surface area contributed by atoms with Crippen molar-refractivity contribution in [1.82, 2.24) is 13.9 Å².